The largest absolute Gasteiger partial charge is 0.389 e. The molecule has 20 heavy (non-hydrogen) atoms. The highest BCUT2D eigenvalue weighted by Crippen LogP contribution is 2.26. The fourth-order valence-corrected chi connectivity index (χ4v) is 2.26. The van der Waals surface area contributed by atoms with Crippen LogP contribution in [0.15, 0.2) is 28.7 Å². The van der Waals surface area contributed by atoms with Gasteiger partial charge in [-0.25, -0.2) is 0 Å². The lowest BCUT2D eigenvalue weighted by Crippen LogP contribution is -2.30. The molecule has 0 amide bonds. The van der Waals surface area contributed by atoms with Crippen molar-refractivity contribution in [1.29, 1.82) is 0 Å². The van der Waals surface area contributed by atoms with Crippen LogP contribution in [0.5, 0.6) is 0 Å². The Bertz CT molecular complexity index is 412. The van der Waals surface area contributed by atoms with Crippen molar-refractivity contribution in [1.82, 2.24) is 0 Å². The number of halogens is 4. The van der Waals surface area contributed by atoms with E-state index in [9.17, 15) is 13.2 Å². The van der Waals surface area contributed by atoms with Crippen LogP contribution in [-0.4, -0.2) is 18.8 Å². The van der Waals surface area contributed by atoms with Crippen LogP contribution in [0.1, 0.15) is 37.9 Å². The standard InChI is InChI=1S/C14H19BrF3NO/c1-2-12(19)13(10-5-3-6-11(15)9-10)20-8-4-7-14(16,17)18/h3,5-6,9,12-13H,2,4,7-8,19H2,1H3. The summed E-state index contributed by atoms with van der Waals surface area (Å²) in [5.41, 5.74) is 6.88. The Balaban J connectivity index is 2.62. The summed E-state index contributed by atoms with van der Waals surface area (Å²) >= 11 is 3.36. The van der Waals surface area contributed by atoms with Gasteiger partial charge in [-0.2, -0.15) is 13.2 Å². The number of nitrogens with two attached hydrogens (primary N) is 1. The van der Waals surface area contributed by atoms with Crippen LogP contribution in [0.2, 0.25) is 0 Å². The molecule has 0 heterocycles. The third-order valence-corrected chi connectivity index (χ3v) is 3.43. The SMILES string of the molecule is CCC(N)C(OCCCC(F)(F)F)c1cccc(Br)c1. The lowest BCUT2D eigenvalue weighted by atomic mass is 10.0. The van der Waals surface area contributed by atoms with E-state index in [2.05, 4.69) is 15.9 Å². The lowest BCUT2D eigenvalue weighted by molar-refractivity contribution is -0.139. The second-order valence-corrected chi connectivity index (χ2v) is 5.55. The molecule has 1 aromatic carbocycles. The van der Waals surface area contributed by atoms with Gasteiger partial charge in [-0.05, 0) is 30.5 Å². The minimum Gasteiger partial charge on any atom is -0.372 e. The molecule has 2 unspecified atom stereocenters. The average Bonchev–Trinajstić information content (AvgIpc) is 2.36. The van der Waals surface area contributed by atoms with Crippen molar-refractivity contribution < 1.29 is 17.9 Å². The highest BCUT2D eigenvalue weighted by molar-refractivity contribution is 9.10. The monoisotopic (exact) mass is 353 g/mol. The maximum absolute atomic E-state index is 12.1. The summed E-state index contributed by atoms with van der Waals surface area (Å²) in [6.45, 7) is 1.97. The summed E-state index contributed by atoms with van der Waals surface area (Å²) in [6, 6.07) is 7.24. The zero-order valence-electron chi connectivity index (χ0n) is 11.3. The predicted molar refractivity (Wildman–Crippen MR) is 76.4 cm³/mol. The molecule has 0 aromatic heterocycles. The van der Waals surface area contributed by atoms with E-state index in [4.69, 9.17) is 10.5 Å². The number of alkyl halides is 3. The highest BCUT2D eigenvalue weighted by atomic mass is 79.9. The molecule has 6 heteroatoms. The Labute approximate surface area is 125 Å². The van der Waals surface area contributed by atoms with Crippen LogP contribution < -0.4 is 5.73 Å². The van der Waals surface area contributed by atoms with E-state index in [0.717, 1.165) is 10.0 Å². The van der Waals surface area contributed by atoms with Crippen LogP contribution in [0.3, 0.4) is 0 Å². The number of ether oxygens (including phenoxy) is 1. The highest BCUT2D eigenvalue weighted by Gasteiger charge is 2.27. The molecule has 2 nitrogen and oxygen atoms in total. The number of hydrogen-bond acceptors (Lipinski definition) is 2. The van der Waals surface area contributed by atoms with Crippen molar-refractivity contribution in [2.45, 2.75) is 44.5 Å². The first kappa shape index (κ1) is 17.5. The lowest BCUT2D eigenvalue weighted by Gasteiger charge is -2.24. The van der Waals surface area contributed by atoms with E-state index in [-0.39, 0.29) is 25.2 Å². The van der Waals surface area contributed by atoms with Gasteiger partial charge in [0.05, 0.1) is 6.10 Å². The second kappa shape index (κ2) is 8.00. The van der Waals surface area contributed by atoms with Crippen LogP contribution >= 0.6 is 15.9 Å². The Morgan fingerprint density at radius 3 is 2.60 bits per heavy atom. The van der Waals surface area contributed by atoms with Crippen molar-refractivity contribution in [3.05, 3.63) is 34.3 Å². The summed E-state index contributed by atoms with van der Waals surface area (Å²) in [5, 5.41) is 0. The fraction of sp³-hybridized carbons (Fsp3) is 0.571. The minimum absolute atomic E-state index is 0.0460. The van der Waals surface area contributed by atoms with Gasteiger partial charge in [-0.15, -0.1) is 0 Å². The summed E-state index contributed by atoms with van der Waals surface area (Å²) in [7, 11) is 0. The van der Waals surface area contributed by atoms with Gasteiger partial charge in [-0.1, -0.05) is 35.0 Å². The Hall–Kier alpha value is -0.590. The van der Waals surface area contributed by atoms with Crippen LogP contribution in [0.4, 0.5) is 13.2 Å². The number of hydrogen-bond donors (Lipinski definition) is 1. The molecule has 2 atom stereocenters. The molecule has 0 aliphatic rings. The molecule has 1 rings (SSSR count). The molecule has 0 fully saturated rings. The Morgan fingerprint density at radius 2 is 2.05 bits per heavy atom. The summed E-state index contributed by atoms with van der Waals surface area (Å²) in [4.78, 5) is 0. The second-order valence-electron chi connectivity index (χ2n) is 4.64. The van der Waals surface area contributed by atoms with E-state index >= 15 is 0 Å². The molecule has 0 spiro atoms. The van der Waals surface area contributed by atoms with Crippen molar-refractivity contribution in [3.8, 4) is 0 Å². The topological polar surface area (TPSA) is 35.2 Å². The fourth-order valence-electron chi connectivity index (χ4n) is 1.85. The first-order valence-electron chi connectivity index (χ1n) is 6.53. The average molecular weight is 354 g/mol. The van der Waals surface area contributed by atoms with Crippen molar-refractivity contribution >= 4 is 15.9 Å². The maximum Gasteiger partial charge on any atom is 0.389 e. The van der Waals surface area contributed by atoms with E-state index < -0.39 is 12.6 Å². The van der Waals surface area contributed by atoms with Crippen LogP contribution in [0, 0.1) is 0 Å². The van der Waals surface area contributed by atoms with Crippen molar-refractivity contribution in [2.75, 3.05) is 6.61 Å². The van der Waals surface area contributed by atoms with Gasteiger partial charge < -0.3 is 10.5 Å². The number of rotatable bonds is 7. The molecule has 0 saturated heterocycles. The van der Waals surface area contributed by atoms with Gasteiger partial charge in [0.25, 0.3) is 0 Å². The first-order chi connectivity index (χ1) is 9.33. The Morgan fingerprint density at radius 1 is 1.35 bits per heavy atom. The van der Waals surface area contributed by atoms with Gasteiger partial charge in [0, 0.05) is 23.5 Å². The summed E-state index contributed by atoms with van der Waals surface area (Å²) < 4.78 is 42.8. The van der Waals surface area contributed by atoms with Gasteiger partial charge in [0.15, 0.2) is 0 Å². The molecule has 2 N–H and O–H groups in total. The van der Waals surface area contributed by atoms with Gasteiger partial charge >= 0.3 is 6.18 Å². The molecule has 0 bridgehead atoms. The van der Waals surface area contributed by atoms with E-state index in [1.807, 2.05) is 31.2 Å². The summed E-state index contributed by atoms with van der Waals surface area (Å²) in [5.74, 6) is 0. The minimum atomic E-state index is -4.14. The smallest absolute Gasteiger partial charge is 0.372 e. The van der Waals surface area contributed by atoms with Crippen LogP contribution in [-0.2, 0) is 4.74 Å². The summed E-state index contributed by atoms with van der Waals surface area (Å²) in [6.07, 6.45) is -4.71. The molecule has 0 saturated carbocycles. The number of benzene rings is 1. The first-order valence-corrected chi connectivity index (χ1v) is 7.32. The molecule has 114 valence electrons. The third-order valence-electron chi connectivity index (χ3n) is 2.94. The van der Waals surface area contributed by atoms with Gasteiger partial charge in [0.2, 0.25) is 0 Å². The third kappa shape index (κ3) is 6.24. The van der Waals surface area contributed by atoms with Crippen LogP contribution in [0.25, 0.3) is 0 Å². The zero-order chi connectivity index (χ0) is 15.2. The maximum atomic E-state index is 12.1. The molecule has 0 aliphatic carbocycles. The van der Waals surface area contributed by atoms with Gasteiger partial charge in [0.1, 0.15) is 0 Å². The van der Waals surface area contributed by atoms with Crippen molar-refractivity contribution in [2.24, 2.45) is 5.73 Å². The van der Waals surface area contributed by atoms with E-state index in [1.165, 1.54) is 0 Å². The normalized spacial score (nSPS) is 15.1. The molecular formula is C14H19BrF3NO. The van der Waals surface area contributed by atoms with E-state index in [0.29, 0.717) is 6.42 Å². The molecule has 0 radical (unpaired) electrons. The predicted octanol–water partition coefficient (Wildman–Crippen LogP) is 4.59. The quantitative estimate of drug-likeness (QED) is 0.727. The molecule has 0 aliphatic heterocycles. The zero-order valence-corrected chi connectivity index (χ0v) is 12.9. The van der Waals surface area contributed by atoms with Crippen molar-refractivity contribution in [3.63, 3.8) is 0 Å². The Kier molecular flexibility index (Phi) is 6.99. The molecular weight excluding hydrogens is 335 g/mol. The van der Waals surface area contributed by atoms with Gasteiger partial charge in [-0.3, -0.25) is 0 Å². The van der Waals surface area contributed by atoms with E-state index in [1.54, 1.807) is 0 Å². The molecule has 1 aromatic rings.